The molecule has 0 aliphatic carbocycles. The largest absolute Gasteiger partial charge is 0.301 e. The third-order valence-corrected chi connectivity index (χ3v) is 5.94. The lowest BCUT2D eigenvalue weighted by Gasteiger charge is -2.21. The van der Waals surface area contributed by atoms with E-state index in [2.05, 4.69) is 20.8 Å². The zero-order chi connectivity index (χ0) is 14.6. The van der Waals surface area contributed by atoms with Crippen LogP contribution in [-0.2, 0) is 10.0 Å². The van der Waals surface area contributed by atoms with Crippen LogP contribution in [0.5, 0.6) is 0 Å². The van der Waals surface area contributed by atoms with Gasteiger partial charge in [-0.15, -0.1) is 11.6 Å². The molecular weight excluding hydrogens is 364 g/mol. The van der Waals surface area contributed by atoms with Crippen molar-refractivity contribution in [1.29, 1.82) is 0 Å². The highest BCUT2D eigenvalue weighted by Crippen LogP contribution is 2.21. The van der Waals surface area contributed by atoms with E-state index in [1.807, 2.05) is 6.07 Å². The number of sulfonamides is 1. The van der Waals surface area contributed by atoms with Crippen LogP contribution >= 0.6 is 27.5 Å². The number of hydrogen-bond acceptors (Lipinski definition) is 3. The first kappa shape index (κ1) is 16.2. The molecule has 1 heterocycles. The Balaban J connectivity index is 2.14. The van der Waals surface area contributed by atoms with Crippen molar-refractivity contribution in [3.63, 3.8) is 0 Å². The van der Waals surface area contributed by atoms with Crippen LogP contribution in [0.1, 0.15) is 6.42 Å². The molecule has 0 bridgehead atoms. The van der Waals surface area contributed by atoms with Gasteiger partial charge in [0.25, 0.3) is 0 Å². The predicted molar refractivity (Wildman–Crippen MR) is 84.7 cm³/mol. The van der Waals surface area contributed by atoms with Gasteiger partial charge in [0.05, 0.1) is 4.90 Å². The second-order valence-electron chi connectivity index (χ2n) is 4.75. The van der Waals surface area contributed by atoms with Crippen LogP contribution in [0, 0.1) is 0 Å². The van der Waals surface area contributed by atoms with Gasteiger partial charge < -0.3 is 4.90 Å². The maximum Gasteiger partial charge on any atom is 0.243 e. The van der Waals surface area contributed by atoms with E-state index >= 15 is 0 Å². The summed E-state index contributed by atoms with van der Waals surface area (Å²) in [5.41, 5.74) is 0. The fourth-order valence-electron chi connectivity index (χ4n) is 2.31. The average Bonchev–Trinajstić information content (AvgIpc) is 2.65. The second-order valence-corrected chi connectivity index (χ2v) is 7.98. The lowest BCUT2D eigenvalue weighted by atomic mass is 10.4. The first-order chi connectivity index (χ1) is 9.54. The van der Waals surface area contributed by atoms with E-state index in [0.29, 0.717) is 23.9 Å². The summed E-state index contributed by atoms with van der Waals surface area (Å²) in [5.74, 6) is 0.582. The second kappa shape index (κ2) is 7.22. The van der Waals surface area contributed by atoms with Crippen LogP contribution in [0.4, 0.5) is 0 Å². The van der Waals surface area contributed by atoms with Crippen molar-refractivity contribution in [2.45, 2.75) is 11.3 Å². The van der Waals surface area contributed by atoms with Crippen molar-refractivity contribution in [2.24, 2.45) is 0 Å². The summed E-state index contributed by atoms with van der Waals surface area (Å²) in [6.07, 6.45) is 0.837. The van der Waals surface area contributed by atoms with Gasteiger partial charge in [0.1, 0.15) is 0 Å². The first-order valence-electron chi connectivity index (χ1n) is 6.58. The highest BCUT2D eigenvalue weighted by Gasteiger charge is 2.26. The number of alkyl halides is 1. The van der Waals surface area contributed by atoms with Gasteiger partial charge in [-0.05, 0) is 31.2 Å². The molecule has 4 nitrogen and oxygen atoms in total. The zero-order valence-electron chi connectivity index (χ0n) is 11.1. The molecule has 1 aliphatic rings. The van der Waals surface area contributed by atoms with E-state index in [4.69, 9.17) is 11.6 Å². The zero-order valence-corrected chi connectivity index (χ0v) is 14.3. The Morgan fingerprint density at radius 3 is 2.70 bits per heavy atom. The number of nitrogens with zero attached hydrogens (tertiary/aromatic N) is 2. The molecule has 0 aromatic heterocycles. The molecule has 0 atom stereocenters. The lowest BCUT2D eigenvalue weighted by molar-refractivity contribution is 0.303. The van der Waals surface area contributed by atoms with E-state index < -0.39 is 10.0 Å². The van der Waals surface area contributed by atoms with Crippen LogP contribution in [0.15, 0.2) is 33.6 Å². The third kappa shape index (κ3) is 3.95. The Hall–Kier alpha value is -0.140. The highest BCUT2D eigenvalue weighted by atomic mass is 79.9. The van der Waals surface area contributed by atoms with Gasteiger partial charge in [-0.2, -0.15) is 4.31 Å². The Labute approximate surface area is 133 Å². The minimum atomic E-state index is -3.40. The molecule has 1 aliphatic heterocycles. The molecule has 0 amide bonds. The molecule has 112 valence electrons. The number of hydrogen-bond donors (Lipinski definition) is 0. The molecule has 20 heavy (non-hydrogen) atoms. The third-order valence-electron chi connectivity index (χ3n) is 3.38. The maximum absolute atomic E-state index is 12.6. The van der Waals surface area contributed by atoms with E-state index in [1.165, 1.54) is 0 Å². The fraction of sp³-hybridized carbons (Fsp3) is 0.538. The van der Waals surface area contributed by atoms with E-state index in [1.54, 1.807) is 22.5 Å². The molecule has 0 spiro atoms. The number of halogens is 2. The Bertz CT molecular complexity index is 553. The van der Waals surface area contributed by atoms with Gasteiger partial charge in [0.2, 0.25) is 10.0 Å². The van der Waals surface area contributed by atoms with E-state index in [-0.39, 0.29) is 0 Å². The van der Waals surface area contributed by atoms with Crippen molar-refractivity contribution in [3.05, 3.63) is 28.7 Å². The van der Waals surface area contributed by atoms with Crippen molar-refractivity contribution in [2.75, 3.05) is 38.6 Å². The van der Waals surface area contributed by atoms with Crippen molar-refractivity contribution in [1.82, 2.24) is 9.21 Å². The van der Waals surface area contributed by atoms with Crippen LogP contribution in [0.3, 0.4) is 0 Å². The van der Waals surface area contributed by atoms with Crippen LogP contribution < -0.4 is 0 Å². The molecule has 1 aromatic rings. The first-order valence-corrected chi connectivity index (χ1v) is 9.35. The summed E-state index contributed by atoms with van der Waals surface area (Å²) >= 11 is 9.07. The van der Waals surface area contributed by atoms with Gasteiger partial charge in [-0.3, -0.25) is 0 Å². The maximum atomic E-state index is 12.6. The van der Waals surface area contributed by atoms with Crippen LogP contribution in [-0.4, -0.2) is 56.2 Å². The van der Waals surface area contributed by atoms with Gasteiger partial charge >= 0.3 is 0 Å². The molecule has 7 heteroatoms. The molecule has 2 rings (SSSR count). The van der Waals surface area contributed by atoms with Gasteiger partial charge in [-0.1, -0.05) is 22.0 Å². The Morgan fingerprint density at radius 2 is 2.00 bits per heavy atom. The Morgan fingerprint density at radius 1 is 1.20 bits per heavy atom. The highest BCUT2D eigenvalue weighted by molar-refractivity contribution is 9.10. The molecule has 0 N–H and O–H groups in total. The molecular formula is C13H18BrClN2O2S. The molecule has 1 saturated heterocycles. The summed E-state index contributed by atoms with van der Waals surface area (Å²) < 4.78 is 27.6. The van der Waals surface area contributed by atoms with Crippen LogP contribution in [0.2, 0.25) is 0 Å². The standard InChI is InChI=1S/C13H18BrClN2O2S/c14-12-3-1-4-13(11-12)20(18,19)17-7-2-6-16(8-5-15)9-10-17/h1,3-4,11H,2,5-10H2. The summed E-state index contributed by atoms with van der Waals surface area (Å²) in [6.45, 7) is 3.53. The smallest absolute Gasteiger partial charge is 0.243 e. The summed E-state index contributed by atoms with van der Waals surface area (Å²) in [5, 5.41) is 0. The average molecular weight is 382 g/mol. The predicted octanol–water partition coefficient (Wildman–Crippen LogP) is 2.38. The quantitative estimate of drug-likeness (QED) is 0.752. The van der Waals surface area contributed by atoms with Crippen molar-refractivity contribution >= 4 is 37.6 Å². The van der Waals surface area contributed by atoms with Gasteiger partial charge in [0, 0.05) is 36.5 Å². The van der Waals surface area contributed by atoms with E-state index in [0.717, 1.165) is 30.5 Å². The van der Waals surface area contributed by atoms with Gasteiger partial charge in [0.15, 0.2) is 0 Å². The van der Waals surface area contributed by atoms with E-state index in [9.17, 15) is 8.42 Å². The minimum absolute atomic E-state index is 0.345. The number of rotatable bonds is 4. The van der Waals surface area contributed by atoms with Crippen molar-refractivity contribution < 1.29 is 8.42 Å². The monoisotopic (exact) mass is 380 g/mol. The molecule has 0 saturated carbocycles. The summed E-state index contributed by atoms with van der Waals surface area (Å²) in [4.78, 5) is 2.56. The SMILES string of the molecule is O=S(=O)(c1cccc(Br)c1)N1CCCN(CCCl)CC1. The van der Waals surface area contributed by atoms with Crippen LogP contribution in [0.25, 0.3) is 0 Å². The normalized spacial score (nSPS) is 18.9. The summed E-state index contributed by atoms with van der Waals surface area (Å²) in [6, 6.07) is 6.86. The molecule has 1 aromatic carbocycles. The molecule has 1 fully saturated rings. The molecule has 0 radical (unpaired) electrons. The van der Waals surface area contributed by atoms with Crippen molar-refractivity contribution in [3.8, 4) is 0 Å². The Kier molecular flexibility index (Phi) is 5.86. The van der Waals surface area contributed by atoms with Gasteiger partial charge in [-0.25, -0.2) is 8.42 Å². The fourth-order valence-corrected chi connectivity index (χ4v) is 4.61. The topological polar surface area (TPSA) is 40.6 Å². The molecule has 0 unspecified atom stereocenters. The minimum Gasteiger partial charge on any atom is -0.301 e. The lowest BCUT2D eigenvalue weighted by Crippen LogP contribution is -2.35. The summed E-state index contributed by atoms with van der Waals surface area (Å²) in [7, 11) is -3.40. The number of benzene rings is 1.